The van der Waals surface area contributed by atoms with Crippen molar-refractivity contribution in [2.24, 2.45) is 11.5 Å². The number of carbonyl (C=O) groups is 9. The van der Waals surface area contributed by atoms with Crippen LogP contribution in [0.2, 0.25) is 0 Å². The number of carbonyl (C=O) groups excluding carboxylic acids is 8. The summed E-state index contributed by atoms with van der Waals surface area (Å²) in [4.78, 5) is 126. The number of benzene rings is 4. The number of aliphatic hydroxyl groups is 2. The first-order chi connectivity index (χ1) is 38.8. The molecule has 1 fully saturated rings. The van der Waals surface area contributed by atoms with Crippen LogP contribution in [0.15, 0.2) is 103 Å². The van der Waals surface area contributed by atoms with Crippen molar-refractivity contribution in [3.05, 3.63) is 120 Å². The van der Waals surface area contributed by atoms with E-state index >= 15 is 0 Å². The number of aliphatic hydroxyl groups excluding tert-OH is 2. The Morgan fingerprint density at radius 1 is 0.469 bits per heavy atom. The van der Waals surface area contributed by atoms with E-state index in [4.69, 9.17) is 22.3 Å². The summed E-state index contributed by atoms with van der Waals surface area (Å²) in [6.45, 7) is -2.03. The van der Waals surface area contributed by atoms with Crippen LogP contribution in [0, 0.1) is 10.8 Å². The summed E-state index contributed by atoms with van der Waals surface area (Å²) < 4.78 is 0. The van der Waals surface area contributed by atoms with E-state index in [0.717, 1.165) is 10.8 Å². The van der Waals surface area contributed by atoms with E-state index in [1.807, 2.05) is 30.3 Å². The summed E-state index contributed by atoms with van der Waals surface area (Å²) in [5, 5.41) is 73.3. The molecule has 81 heavy (non-hydrogen) atoms. The Balaban J connectivity index is 1.60. The van der Waals surface area contributed by atoms with Crippen molar-refractivity contribution in [1.82, 2.24) is 53.2 Å². The van der Waals surface area contributed by atoms with Gasteiger partial charge in [0.15, 0.2) is 11.9 Å². The molecule has 5 rings (SSSR count). The molecule has 4 aromatic carbocycles. The van der Waals surface area contributed by atoms with Gasteiger partial charge in [-0.15, -0.1) is 0 Å². The molecule has 0 saturated carbocycles. The molecule has 0 aromatic heterocycles. The highest BCUT2D eigenvalue weighted by Crippen LogP contribution is 2.18. The summed E-state index contributed by atoms with van der Waals surface area (Å²) in [6, 6.07) is 17.9. The molecule has 1 aliphatic rings. The number of carboxylic acids is 1. The van der Waals surface area contributed by atoms with E-state index < -0.39 is 146 Å². The molecule has 8 atom stereocenters. The quantitative estimate of drug-likeness (QED) is 0.0263. The van der Waals surface area contributed by atoms with E-state index in [1.54, 1.807) is 72.8 Å². The molecule has 0 aliphatic carbocycles. The number of nitrogens with two attached hydrogens (primary N) is 2. The molecule has 0 unspecified atom stereocenters. The molecule has 26 heteroatoms. The molecule has 0 bridgehead atoms. The van der Waals surface area contributed by atoms with Crippen LogP contribution in [0.25, 0.3) is 10.8 Å². The number of guanidine groups is 2. The number of carboxylic acid groups (broad SMARTS) is 1. The Kier molecular flexibility index (Phi) is 24.8. The SMILES string of the molecule is N=C(N)NCCC[C@@H]1NC(=O)[C@H](CO)NC(=O)[C@H](CCCNC(=N)N)NC(=O)[C@H](CO)NC(=O)[C@H](Cc2ccc3ccccc3c2)NC(=O)[C@H](Cc2ccccc2)NC(=O)C[C@H](Cc2ccccc2)NC(=O)[C@H](CCC(=O)O)NC1=O. The third-order valence-electron chi connectivity index (χ3n) is 13.1. The standard InChI is InChI=1S/C55H72N14O12/c56-54(57)60-23-9-17-38-48(76)66-40(21-22-46(73)74)47(75)62-37(26-32-11-3-1-4-12-32)29-45(72)63-41(27-33-13-5-2-6-14-33)50(78)67-42(28-34-19-20-35-15-7-8-16-36(35)25-34)51(79)69-44(31-71)53(81)65-39(18-10-24-61-55(58)59)49(77)68-43(30-70)52(80)64-38/h1-8,11-16,19-20,25,37-44,70-71H,9-10,17-18,21-24,26-31H2,(H,62,75)(H,63,72)(H,64,80)(H,65,81)(H,66,76)(H,67,78)(H,68,77)(H,69,79)(H,73,74)(H4,56,57,60)(H4,58,59,61)/t37-,38-,39-,40-,41-,42-,43-,44-/m0/s1. The van der Waals surface area contributed by atoms with Gasteiger partial charge < -0.3 is 80.0 Å². The minimum absolute atomic E-state index is 0.0228. The van der Waals surface area contributed by atoms with Gasteiger partial charge in [-0.1, -0.05) is 103 Å². The van der Waals surface area contributed by atoms with Crippen LogP contribution in [0.4, 0.5) is 0 Å². The predicted molar refractivity (Wildman–Crippen MR) is 297 cm³/mol. The normalized spacial score (nSPS) is 22.1. The summed E-state index contributed by atoms with van der Waals surface area (Å²) in [6.07, 6.45) is -2.12. The second-order valence-corrected chi connectivity index (χ2v) is 19.4. The lowest BCUT2D eigenvalue weighted by Crippen LogP contribution is -2.61. The molecule has 19 N–H and O–H groups in total. The predicted octanol–water partition coefficient (Wildman–Crippen LogP) is -2.47. The van der Waals surface area contributed by atoms with E-state index in [0.29, 0.717) is 16.7 Å². The number of hydrogen-bond acceptors (Lipinski definition) is 13. The Bertz CT molecular complexity index is 2840. The number of hydrogen-bond donors (Lipinski definition) is 17. The van der Waals surface area contributed by atoms with Crippen molar-refractivity contribution in [2.45, 2.75) is 113 Å². The van der Waals surface area contributed by atoms with Gasteiger partial charge in [-0.25, -0.2) is 0 Å². The van der Waals surface area contributed by atoms with Gasteiger partial charge in [0.25, 0.3) is 0 Å². The van der Waals surface area contributed by atoms with Gasteiger partial charge >= 0.3 is 5.97 Å². The third kappa shape index (κ3) is 21.2. The van der Waals surface area contributed by atoms with Gasteiger partial charge in [-0.3, -0.25) is 54.0 Å². The van der Waals surface area contributed by atoms with Crippen LogP contribution in [0.3, 0.4) is 0 Å². The summed E-state index contributed by atoms with van der Waals surface area (Å²) >= 11 is 0. The molecule has 8 amide bonds. The average molecular weight is 1120 g/mol. The summed E-state index contributed by atoms with van der Waals surface area (Å²) in [7, 11) is 0. The van der Waals surface area contributed by atoms with Gasteiger partial charge in [0.2, 0.25) is 47.3 Å². The van der Waals surface area contributed by atoms with Crippen LogP contribution in [0.5, 0.6) is 0 Å². The second kappa shape index (κ2) is 32.0. The number of amides is 8. The monoisotopic (exact) mass is 1120 g/mol. The minimum Gasteiger partial charge on any atom is -0.481 e. The fraction of sp³-hybridized carbons (Fsp3) is 0.400. The fourth-order valence-corrected chi connectivity index (χ4v) is 8.88. The topological polar surface area (TPSA) is 434 Å². The largest absolute Gasteiger partial charge is 0.481 e. The molecule has 26 nitrogen and oxygen atoms in total. The van der Waals surface area contributed by atoms with Crippen LogP contribution in [-0.4, -0.2) is 155 Å². The van der Waals surface area contributed by atoms with Crippen molar-refractivity contribution in [3.63, 3.8) is 0 Å². The van der Waals surface area contributed by atoms with Crippen LogP contribution >= 0.6 is 0 Å². The summed E-state index contributed by atoms with van der Waals surface area (Å²) in [5.41, 5.74) is 12.7. The van der Waals surface area contributed by atoms with Gasteiger partial charge in [0, 0.05) is 44.8 Å². The third-order valence-corrected chi connectivity index (χ3v) is 13.1. The molecule has 1 heterocycles. The van der Waals surface area contributed by atoms with Gasteiger partial charge in [-0.2, -0.15) is 0 Å². The molecule has 1 saturated heterocycles. The maximum absolute atomic E-state index is 14.7. The smallest absolute Gasteiger partial charge is 0.303 e. The van der Waals surface area contributed by atoms with Crippen LogP contribution in [0.1, 0.15) is 61.6 Å². The van der Waals surface area contributed by atoms with E-state index in [1.165, 1.54) is 0 Å². The molecular formula is C55H72N14O12. The maximum Gasteiger partial charge on any atom is 0.303 e. The molecule has 0 radical (unpaired) electrons. The molecule has 4 aromatic rings. The Morgan fingerprint density at radius 2 is 0.864 bits per heavy atom. The van der Waals surface area contributed by atoms with Crippen LogP contribution in [-0.2, 0) is 62.4 Å². The lowest BCUT2D eigenvalue weighted by Gasteiger charge is -2.27. The zero-order valence-electron chi connectivity index (χ0n) is 44.5. The molecule has 1 aliphatic heterocycles. The van der Waals surface area contributed by atoms with Gasteiger partial charge in [0.1, 0.15) is 42.3 Å². The first-order valence-electron chi connectivity index (χ1n) is 26.4. The number of rotatable bonds is 19. The molecule has 0 spiro atoms. The molecule has 434 valence electrons. The zero-order chi connectivity index (χ0) is 58.8. The highest BCUT2D eigenvalue weighted by molar-refractivity contribution is 5.98. The van der Waals surface area contributed by atoms with Crippen molar-refractivity contribution >= 4 is 75.9 Å². The maximum atomic E-state index is 14.7. The second-order valence-electron chi connectivity index (χ2n) is 19.4. The van der Waals surface area contributed by atoms with Gasteiger partial charge in [-0.05, 0) is 66.0 Å². The van der Waals surface area contributed by atoms with Crippen LogP contribution < -0.4 is 64.6 Å². The van der Waals surface area contributed by atoms with E-state index in [2.05, 4.69) is 53.2 Å². The number of fused-ring (bicyclic) bond motifs is 1. The van der Waals surface area contributed by atoms with Crippen molar-refractivity contribution < 1.29 is 58.5 Å². The van der Waals surface area contributed by atoms with Crippen molar-refractivity contribution in [1.29, 1.82) is 10.8 Å². The average Bonchev–Trinajstić information content (AvgIpc) is 3.44. The lowest BCUT2D eigenvalue weighted by molar-refractivity contribution is -0.138. The minimum atomic E-state index is -1.80. The van der Waals surface area contributed by atoms with Crippen molar-refractivity contribution in [2.75, 3.05) is 26.3 Å². The highest BCUT2D eigenvalue weighted by atomic mass is 16.4. The fourth-order valence-electron chi connectivity index (χ4n) is 8.88. The Morgan fingerprint density at radius 3 is 1.36 bits per heavy atom. The van der Waals surface area contributed by atoms with E-state index in [-0.39, 0.29) is 58.0 Å². The van der Waals surface area contributed by atoms with Gasteiger partial charge in [0.05, 0.1) is 13.2 Å². The van der Waals surface area contributed by atoms with Crippen molar-refractivity contribution in [3.8, 4) is 0 Å². The zero-order valence-corrected chi connectivity index (χ0v) is 44.5. The first kappa shape index (κ1) is 62.7. The lowest BCUT2D eigenvalue weighted by atomic mass is 9.99. The number of nitrogens with one attached hydrogen (secondary N) is 12. The molecular weight excluding hydrogens is 1050 g/mol. The first-order valence-corrected chi connectivity index (χ1v) is 26.4. The van der Waals surface area contributed by atoms with E-state index in [9.17, 15) is 58.5 Å². The summed E-state index contributed by atoms with van der Waals surface area (Å²) in [5.74, 6) is -9.84. The Labute approximate surface area is 467 Å². The Hall–Kier alpha value is -9.17. The number of aliphatic carboxylic acids is 1. The highest BCUT2D eigenvalue weighted by Gasteiger charge is 2.35.